The normalized spacial score (nSPS) is 11.9. The third-order valence-electron chi connectivity index (χ3n) is 4.44. The van der Waals surface area contributed by atoms with Gasteiger partial charge in [0.25, 0.3) is 5.91 Å². The van der Waals surface area contributed by atoms with Gasteiger partial charge in [-0.1, -0.05) is 0 Å². The number of aliphatic hydroxyl groups is 1. The fraction of sp³-hybridized carbons (Fsp3) is 0.286. The zero-order valence-electron chi connectivity index (χ0n) is 16.6. The van der Waals surface area contributed by atoms with E-state index in [1.165, 1.54) is 0 Å². The van der Waals surface area contributed by atoms with Crippen LogP contribution in [-0.4, -0.2) is 45.4 Å². The summed E-state index contributed by atoms with van der Waals surface area (Å²) in [6.07, 6.45) is 2.11. The topological polar surface area (TPSA) is 104 Å². The zero-order valence-corrected chi connectivity index (χ0v) is 17.6. The first-order chi connectivity index (χ1) is 13.8. The molecule has 3 N–H and O–H groups in total. The summed E-state index contributed by atoms with van der Waals surface area (Å²) >= 11 is 0. The van der Waals surface area contributed by atoms with E-state index in [-0.39, 0.29) is 26.6 Å². The van der Waals surface area contributed by atoms with Crippen LogP contribution in [0, 0.1) is 0 Å². The highest BCUT2D eigenvalue weighted by molar-refractivity contribution is 7.58. The van der Waals surface area contributed by atoms with Crippen molar-refractivity contribution in [2.75, 3.05) is 18.6 Å². The van der Waals surface area contributed by atoms with Gasteiger partial charge in [-0.15, -0.1) is 0 Å². The Bertz CT molecular complexity index is 1030. The minimum absolute atomic E-state index is 0.0421. The van der Waals surface area contributed by atoms with Crippen LogP contribution in [0.4, 0.5) is 5.82 Å². The lowest BCUT2D eigenvalue weighted by molar-refractivity contribution is 0.0765. The lowest BCUT2D eigenvalue weighted by atomic mass is 10.1. The van der Waals surface area contributed by atoms with Crippen LogP contribution in [0.1, 0.15) is 41.1 Å². The van der Waals surface area contributed by atoms with E-state index in [9.17, 15) is 9.59 Å². The van der Waals surface area contributed by atoms with Crippen molar-refractivity contribution in [2.24, 2.45) is 0 Å². The number of aromatic amines is 1. The maximum Gasteiger partial charge on any atom is 0.256 e. The van der Waals surface area contributed by atoms with E-state index < -0.39 is 5.60 Å². The predicted molar refractivity (Wildman–Crippen MR) is 115 cm³/mol. The monoisotopic (exact) mass is 413 g/mol. The number of nitrogens with one attached hydrogen (secondary N) is 2. The Hall–Kier alpha value is -2.76. The van der Waals surface area contributed by atoms with Gasteiger partial charge in [0.15, 0.2) is 5.52 Å². The van der Waals surface area contributed by atoms with Crippen LogP contribution < -0.4 is 10.1 Å². The van der Waals surface area contributed by atoms with Crippen LogP contribution in [0.15, 0.2) is 42.6 Å². The summed E-state index contributed by atoms with van der Waals surface area (Å²) in [5.74, 6) is 0.740. The standard InChI is InChI=1S/C21H24N3O4P/c1-21(2,8-9-25)28-15-6-4-13(5-7-15)19(26)24-18-11-14-10-16(20(27)29-3)23-17(14)12-22-18/h4-7,10-12,23,25,29H,8-9H2,1-3H3,(H,22,24,26). The van der Waals surface area contributed by atoms with Gasteiger partial charge in [0.05, 0.1) is 17.4 Å². The van der Waals surface area contributed by atoms with Crippen molar-refractivity contribution in [3.63, 3.8) is 0 Å². The highest BCUT2D eigenvalue weighted by atomic mass is 31.1. The van der Waals surface area contributed by atoms with Crippen molar-refractivity contribution in [1.29, 1.82) is 0 Å². The van der Waals surface area contributed by atoms with Gasteiger partial charge in [-0.3, -0.25) is 9.59 Å². The molecule has 3 rings (SSSR count). The van der Waals surface area contributed by atoms with Gasteiger partial charge in [0, 0.05) is 24.0 Å². The number of carbonyl (C=O) groups is 2. The molecule has 0 fully saturated rings. The molecule has 0 saturated carbocycles. The lowest BCUT2D eigenvalue weighted by Gasteiger charge is -2.25. The number of nitrogens with zero attached hydrogens (tertiary/aromatic N) is 1. The van der Waals surface area contributed by atoms with Gasteiger partial charge in [-0.2, -0.15) is 0 Å². The number of H-pyrrole nitrogens is 1. The number of hydrogen-bond acceptors (Lipinski definition) is 5. The van der Waals surface area contributed by atoms with Crippen molar-refractivity contribution < 1.29 is 19.4 Å². The maximum absolute atomic E-state index is 12.5. The van der Waals surface area contributed by atoms with Crippen molar-refractivity contribution in [1.82, 2.24) is 9.97 Å². The molecule has 0 aliphatic heterocycles. The van der Waals surface area contributed by atoms with Crippen LogP contribution in [0.2, 0.25) is 0 Å². The summed E-state index contributed by atoms with van der Waals surface area (Å²) < 4.78 is 5.84. The summed E-state index contributed by atoms with van der Waals surface area (Å²) in [6, 6.07) is 10.3. The minimum Gasteiger partial charge on any atom is -0.488 e. The number of amides is 1. The van der Waals surface area contributed by atoms with Gasteiger partial charge in [-0.05, 0) is 65.5 Å². The van der Waals surface area contributed by atoms with Gasteiger partial charge in [0.2, 0.25) is 0 Å². The number of carbonyl (C=O) groups excluding carboxylic acids is 2. The smallest absolute Gasteiger partial charge is 0.256 e. The van der Waals surface area contributed by atoms with Crippen molar-refractivity contribution in [3.05, 3.63) is 53.9 Å². The number of anilines is 1. The van der Waals surface area contributed by atoms with Crippen LogP contribution in [0.3, 0.4) is 0 Å². The molecule has 7 nitrogen and oxygen atoms in total. The Kier molecular flexibility index (Phi) is 6.30. The first-order valence-corrected chi connectivity index (χ1v) is 10.7. The summed E-state index contributed by atoms with van der Waals surface area (Å²) in [6.45, 7) is 5.67. The SMILES string of the molecule is CPC(=O)c1cc2cc(NC(=O)c3ccc(OC(C)(C)CCO)cc3)ncc2[nH]1. The second-order valence-corrected chi connectivity index (χ2v) is 8.19. The number of aromatic nitrogens is 2. The lowest BCUT2D eigenvalue weighted by Crippen LogP contribution is -2.29. The maximum atomic E-state index is 12.5. The van der Waals surface area contributed by atoms with Gasteiger partial charge in [-0.25, -0.2) is 4.98 Å². The summed E-state index contributed by atoms with van der Waals surface area (Å²) in [7, 11) is 0.180. The second-order valence-electron chi connectivity index (χ2n) is 7.23. The number of benzene rings is 1. The molecule has 0 aliphatic rings. The fourth-order valence-corrected chi connectivity index (χ4v) is 3.26. The van der Waals surface area contributed by atoms with Gasteiger partial charge in [0.1, 0.15) is 17.2 Å². The molecule has 1 atom stereocenters. The Labute approximate surface area is 170 Å². The molecule has 0 spiro atoms. The number of aliphatic hydroxyl groups excluding tert-OH is 1. The molecule has 0 aliphatic carbocycles. The molecule has 2 heterocycles. The Morgan fingerprint density at radius 2 is 1.97 bits per heavy atom. The van der Waals surface area contributed by atoms with E-state index in [2.05, 4.69) is 15.3 Å². The minimum atomic E-state index is -0.493. The average molecular weight is 413 g/mol. The number of ether oxygens (including phenoxy) is 1. The number of hydrogen-bond donors (Lipinski definition) is 3. The van der Waals surface area contributed by atoms with E-state index in [0.717, 1.165) is 10.9 Å². The quantitative estimate of drug-likeness (QED) is 0.487. The summed E-state index contributed by atoms with van der Waals surface area (Å²) in [5.41, 5.74) is 1.32. The molecule has 1 aromatic carbocycles. The van der Waals surface area contributed by atoms with Gasteiger partial charge >= 0.3 is 0 Å². The number of rotatable bonds is 8. The molecule has 0 bridgehead atoms. The van der Waals surface area contributed by atoms with E-state index in [0.29, 0.717) is 29.2 Å². The third-order valence-corrected chi connectivity index (χ3v) is 5.17. The first kappa shape index (κ1) is 21.0. The summed E-state index contributed by atoms with van der Waals surface area (Å²) in [4.78, 5) is 31.7. The van der Waals surface area contributed by atoms with Crippen molar-refractivity contribution in [2.45, 2.75) is 25.9 Å². The fourth-order valence-electron chi connectivity index (χ4n) is 2.86. The van der Waals surface area contributed by atoms with Crippen LogP contribution in [0.5, 0.6) is 5.75 Å². The Balaban J connectivity index is 1.70. The Morgan fingerprint density at radius 3 is 2.62 bits per heavy atom. The molecule has 1 amide bonds. The van der Waals surface area contributed by atoms with Crippen LogP contribution >= 0.6 is 8.58 Å². The molecule has 0 radical (unpaired) electrons. The van der Waals surface area contributed by atoms with Crippen molar-refractivity contribution >= 4 is 36.7 Å². The molecule has 3 aromatic rings. The highest BCUT2D eigenvalue weighted by Gasteiger charge is 2.19. The number of fused-ring (bicyclic) bond motifs is 1. The highest BCUT2D eigenvalue weighted by Crippen LogP contribution is 2.23. The largest absolute Gasteiger partial charge is 0.488 e. The van der Waals surface area contributed by atoms with Gasteiger partial charge < -0.3 is 20.1 Å². The average Bonchev–Trinajstić information content (AvgIpc) is 3.11. The number of pyridine rings is 1. The Morgan fingerprint density at radius 1 is 1.24 bits per heavy atom. The van der Waals surface area contributed by atoms with E-state index >= 15 is 0 Å². The molecule has 8 heteroatoms. The van der Waals surface area contributed by atoms with E-state index in [1.807, 2.05) is 20.5 Å². The molecule has 0 saturated heterocycles. The van der Waals surface area contributed by atoms with E-state index in [4.69, 9.17) is 9.84 Å². The zero-order chi connectivity index (χ0) is 21.0. The molecule has 2 aromatic heterocycles. The molecule has 29 heavy (non-hydrogen) atoms. The molecule has 152 valence electrons. The first-order valence-electron chi connectivity index (χ1n) is 9.23. The summed E-state index contributed by atoms with van der Waals surface area (Å²) in [5, 5.41) is 12.7. The predicted octanol–water partition coefficient (Wildman–Crippen LogP) is 3.80. The van der Waals surface area contributed by atoms with Crippen LogP contribution in [-0.2, 0) is 0 Å². The molecular formula is C21H24N3O4P. The van der Waals surface area contributed by atoms with Crippen LogP contribution in [0.25, 0.3) is 10.9 Å². The van der Waals surface area contributed by atoms with E-state index in [1.54, 1.807) is 42.6 Å². The third kappa shape index (κ3) is 5.19. The van der Waals surface area contributed by atoms with Crippen molar-refractivity contribution in [3.8, 4) is 5.75 Å². The second kappa shape index (κ2) is 8.72. The molecular weight excluding hydrogens is 389 g/mol. The molecule has 1 unspecified atom stereocenters.